The van der Waals surface area contributed by atoms with Crippen molar-refractivity contribution in [3.8, 4) is 0 Å². The summed E-state index contributed by atoms with van der Waals surface area (Å²) in [4.78, 5) is 0. The zero-order valence-corrected chi connectivity index (χ0v) is 8.64. The van der Waals surface area contributed by atoms with Crippen molar-refractivity contribution in [3.63, 3.8) is 0 Å². The van der Waals surface area contributed by atoms with E-state index in [0.717, 1.165) is 17.2 Å². The summed E-state index contributed by atoms with van der Waals surface area (Å²) >= 11 is 1.97. The third-order valence-electron chi connectivity index (χ3n) is 2.28. The normalized spacial score (nSPS) is 28.5. The average Bonchev–Trinajstić information content (AvgIpc) is 1.82. The number of hydrogen-bond donors (Lipinski definition) is 1. The molecule has 0 aromatic carbocycles. The molecular weight excluding hydrogens is 154 g/mol. The standard InChI is InChI=1S/C9H17NS/c1-8(2)5-11-6-9(3,4)7(8)10/h10H,5-6H2,1-4H3. The van der Waals surface area contributed by atoms with E-state index in [1.165, 1.54) is 0 Å². The topological polar surface area (TPSA) is 23.9 Å². The van der Waals surface area contributed by atoms with E-state index in [1.54, 1.807) is 0 Å². The predicted octanol–water partition coefficient (Wildman–Crippen LogP) is 2.81. The molecule has 0 spiro atoms. The molecule has 1 nitrogen and oxygen atoms in total. The van der Waals surface area contributed by atoms with Crippen LogP contribution in [0.2, 0.25) is 0 Å². The molecule has 64 valence electrons. The molecule has 0 aliphatic carbocycles. The van der Waals surface area contributed by atoms with Crippen LogP contribution in [0.15, 0.2) is 0 Å². The average molecular weight is 171 g/mol. The molecule has 0 aromatic rings. The van der Waals surface area contributed by atoms with E-state index >= 15 is 0 Å². The van der Waals surface area contributed by atoms with Crippen LogP contribution in [0.1, 0.15) is 27.7 Å². The minimum Gasteiger partial charge on any atom is -0.309 e. The Labute approximate surface area is 73.5 Å². The zero-order valence-electron chi connectivity index (χ0n) is 7.82. The van der Waals surface area contributed by atoms with Crippen molar-refractivity contribution in [2.24, 2.45) is 10.8 Å². The van der Waals surface area contributed by atoms with Gasteiger partial charge in [0.1, 0.15) is 0 Å². The number of rotatable bonds is 0. The van der Waals surface area contributed by atoms with Crippen LogP contribution in [0.5, 0.6) is 0 Å². The lowest BCUT2D eigenvalue weighted by Gasteiger charge is -2.41. The van der Waals surface area contributed by atoms with Crippen molar-refractivity contribution >= 4 is 17.5 Å². The minimum atomic E-state index is 0.117. The van der Waals surface area contributed by atoms with Gasteiger partial charge in [-0.3, -0.25) is 0 Å². The van der Waals surface area contributed by atoms with E-state index in [4.69, 9.17) is 5.41 Å². The van der Waals surface area contributed by atoms with Gasteiger partial charge in [0.2, 0.25) is 0 Å². The highest BCUT2D eigenvalue weighted by Gasteiger charge is 2.39. The maximum absolute atomic E-state index is 7.98. The molecule has 0 radical (unpaired) electrons. The van der Waals surface area contributed by atoms with Crippen LogP contribution in [0.25, 0.3) is 0 Å². The maximum atomic E-state index is 7.98. The summed E-state index contributed by atoms with van der Waals surface area (Å²) in [6, 6.07) is 0. The Balaban J connectivity index is 2.85. The smallest absolute Gasteiger partial charge is 0.0218 e. The molecule has 0 aromatic heterocycles. The molecule has 11 heavy (non-hydrogen) atoms. The molecular formula is C9H17NS. The van der Waals surface area contributed by atoms with Gasteiger partial charge in [0, 0.05) is 28.0 Å². The van der Waals surface area contributed by atoms with Crippen molar-refractivity contribution in [2.45, 2.75) is 27.7 Å². The highest BCUT2D eigenvalue weighted by molar-refractivity contribution is 7.99. The summed E-state index contributed by atoms with van der Waals surface area (Å²) in [5.41, 5.74) is 1.16. The van der Waals surface area contributed by atoms with Crippen molar-refractivity contribution in [2.75, 3.05) is 11.5 Å². The predicted molar refractivity (Wildman–Crippen MR) is 52.6 cm³/mol. The monoisotopic (exact) mass is 171 g/mol. The van der Waals surface area contributed by atoms with Gasteiger partial charge in [-0.15, -0.1) is 0 Å². The number of nitrogens with one attached hydrogen (secondary N) is 1. The Morgan fingerprint density at radius 3 is 1.73 bits per heavy atom. The summed E-state index contributed by atoms with van der Waals surface area (Å²) in [6.07, 6.45) is 0. The van der Waals surface area contributed by atoms with E-state index < -0.39 is 0 Å². The third-order valence-corrected chi connectivity index (χ3v) is 4.13. The minimum absolute atomic E-state index is 0.117. The largest absolute Gasteiger partial charge is 0.309 e. The molecule has 1 aliphatic heterocycles. The van der Waals surface area contributed by atoms with Crippen LogP contribution >= 0.6 is 11.8 Å². The van der Waals surface area contributed by atoms with E-state index in [-0.39, 0.29) is 10.8 Å². The maximum Gasteiger partial charge on any atom is 0.0218 e. The van der Waals surface area contributed by atoms with E-state index in [2.05, 4.69) is 27.7 Å². The molecule has 1 saturated heterocycles. The van der Waals surface area contributed by atoms with Crippen LogP contribution in [0.4, 0.5) is 0 Å². The Morgan fingerprint density at radius 2 is 1.45 bits per heavy atom. The lowest BCUT2D eigenvalue weighted by Crippen LogP contribution is -2.43. The van der Waals surface area contributed by atoms with Gasteiger partial charge >= 0.3 is 0 Å². The van der Waals surface area contributed by atoms with Crippen LogP contribution in [0, 0.1) is 16.2 Å². The zero-order chi connectivity index (χ0) is 8.70. The first-order chi connectivity index (χ1) is 4.86. The first-order valence-electron chi connectivity index (χ1n) is 4.03. The van der Waals surface area contributed by atoms with Gasteiger partial charge in [0.15, 0.2) is 0 Å². The molecule has 1 heterocycles. The Hall–Kier alpha value is 0.0200. The van der Waals surface area contributed by atoms with Crippen molar-refractivity contribution in [1.82, 2.24) is 0 Å². The molecule has 1 N–H and O–H groups in total. The number of hydrogen-bond acceptors (Lipinski definition) is 2. The summed E-state index contributed by atoms with van der Waals surface area (Å²) in [5.74, 6) is 2.21. The van der Waals surface area contributed by atoms with Gasteiger partial charge < -0.3 is 5.41 Å². The van der Waals surface area contributed by atoms with Crippen molar-refractivity contribution in [1.29, 1.82) is 5.41 Å². The first-order valence-corrected chi connectivity index (χ1v) is 5.19. The fourth-order valence-corrected chi connectivity index (χ4v) is 3.03. The van der Waals surface area contributed by atoms with Crippen LogP contribution in [-0.4, -0.2) is 17.2 Å². The fraction of sp³-hybridized carbons (Fsp3) is 0.889. The van der Waals surface area contributed by atoms with Crippen LogP contribution in [-0.2, 0) is 0 Å². The highest BCUT2D eigenvalue weighted by Crippen LogP contribution is 2.40. The van der Waals surface area contributed by atoms with E-state index in [9.17, 15) is 0 Å². The Morgan fingerprint density at radius 1 is 1.09 bits per heavy atom. The summed E-state index contributed by atoms with van der Waals surface area (Å²) in [7, 11) is 0. The van der Waals surface area contributed by atoms with Gasteiger partial charge in [0.25, 0.3) is 0 Å². The van der Waals surface area contributed by atoms with Crippen LogP contribution < -0.4 is 0 Å². The van der Waals surface area contributed by atoms with E-state index in [1.807, 2.05) is 11.8 Å². The molecule has 1 aliphatic rings. The molecule has 2 heteroatoms. The molecule has 0 saturated carbocycles. The molecule has 0 unspecified atom stereocenters. The number of thioether (sulfide) groups is 1. The van der Waals surface area contributed by atoms with Gasteiger partial charge in [-0.25, -0.2) is 0 Å². The first kappa shape index (κ1) is 9.11. The van der Waals surface area contributed by atoms with Crippen LogP contribution in [0.3, 0.4) is 0 Å². The quantitative estimate of drug-likeness (QED) is 0.595. The van der Waals surface area contributed by atoms with Gasteiger partial charge in [-0.2, -0.15) is 11.8 Å². The second kappa shape index (κ2) is 2.51. The van der Waals surface area contributed by atoms with E-state index in [0.29, 0.717) is 0 Å². The Bertz CT molecular complexity index is 164. The van der Waals surface area contributed by atoms with Gasteiger partial charge in [-0.1, -0.05) is 27.7 Å². The van der Waals surface area contributed by atoms with Gasteiger partial charge in [-0.05, 0) is 0 Å². The third kappa shape index (κ3) is 1.61. The van der Waals surface area contributed by atoms with Gasteiger partial charge in [0.05, 0.1) is 0 Å². The molecule has 0 atom stereocenters. The summed E-state index contributed by atoms with van der Waals surface area (Å²) in [5, 5.41) is 7.98. The molecule has 0 amide bonds. The second-order valence-electron chi connectivity index (χ2n) is 4.64. The molecule has 1 fully saturated rings. The van der Waals surface area contributed by atoms with Crippen molar-refractivity contribution < 1.29 is 0 Å². The molecule has 0 bridgehead atoms. The Kier molecular flexibility index (Phi) is 2.08. The second-order valence-corrected chi connectivity index (χ2v) is 5.62. The molecule has 1 rings (SSSR count). The SMILES string of the molecule is CC1(C)CSCC(C)(C)C1=N. The summed E-state index contributed by atoms with van der Waals surface area (Å²) in [6.45, 7) is 8.68. The summed E-state index contributed by atoms with van der Waals surface area (Å²) < 4.78 is 0. The fourth-order valence-electron chi connectivity index (χ4n) is 1.62. The highest BCUT2D eigenvalue weighted by atomic mass is 32.2. The lowest BCUT2D eigenvalue weighted by atomic mass is 9.74. The van der Waals surface area contributed by atoms with Crippen molar-refractivity contribution in [3.05, 3.63) is 0 Å². The lowest BCUT2D eigenvalue weighted by molar-refractivity contribution is 0.470.